The van der Waals surface area contributed by atoms with Crippen LogP contribution in [0.3, 0.4) is 0 Å². The first-order chi connectivity index (χ1) is 8.27. The van der Waals surface area contributed by atoms with E-state index in [1.54, 1.807) is 6.07 Å². The Bertz CT molecular complexity index is 628. The van der Waals surface area contributed by atoms with Crippen LogP contribution >= 0.6 is 0 Å². The fourth-order valence-corrected chi connectivity index (χ4v) is 1.88. The molecular weight excluding hydrogens is 208 g/mol. The summed E-state index contributed by atoms with van der Waals surface area (Å²) in [6.07, 6.45) is 0. The van der Waals surface area contributed by atoms with Crippen LogP contribution in [-0.2, 0) is 0 Å². The highest BCUT2D eigenvalue weighted by atomic mass is 14.3. The highest BCUT2D eigenvalue weighted by molar-refractivity contribution is 5.72. The monoisotopic (exact) mass is 218 g/mol. The average molecular weight is 218 g/mol. The van der Waals surface area contributed by atoms with Crippen molar-refractivity contribution < 1.29 is 0 Å². The highest BCUT2D eigenvalue weighted by Crippen LogP contribution is 2.27. The molecule has 0 spiro atoms. The summed E-state index contributed by atoms with van der Waals surface area (Å²) in [4.78, 5) is 0. The quantitative estimate of drug-likeness (QED) is 0.736. The smallest absolute Gasteiger partial charge is 0.101 e. The van der Waals surface area contributed by atoms with Gasteiger partial charge in [-0.15, -0.1) is 0 Å². The summed E-state index contributed by atoms with van der Waals surface area (Å²) in [6, 6.07) is 17.6. The predicted molar refractivity (Wildman–Crippen MR) is 66.0 cm³/mol. The molecule has 17 heavy (non-hydrogen) atoms. The van der Waals surface area contributed by atoms with Crippen LogP contribution in [0.1, 0.15) is 16.7 Å². The summed E-state index contributed by atoms with van der Waals surface area (Å²) in [5.74, 6) is 0. The summed E-state index contributed by atoms with van der Waals surface area (Å²) in [6.45, 7) is 1.88. The number of nitrogens with zero attached hydrogens (tertiary/aromatic N) is 2. The van der Waals surface area contributed by atoms with E-state index in [4.69, 9.17) is 10.5 Å². The Morgan fingerprint density at radius 1 is 0.882 bits per heavy atom. The van der Waals surface area contributed by atoms with Crippen LogP contribution in [-0.4, -0.2) is 0 Å². The number of hydrogen-bond acceptors (Lipinski definition) is 2. The molecule has 2 rings (SSSR count). The average Bonchev–Trinajstić information content (AvgIpc) is 2.39. The second kappa shape index (κ2) is 4.51. The first-order valence-corrected chi connectivity index (χ1v) is 5.27. The topological polar surface area (TPSA) is 47.6 Å². The van der Waals surface area contributed by atoms with Gasteiger partial charge in [-0.2, -0.15) is 10.5 Å². The van der Waals surface area contributed by atoms with Crippen molar-refractivity contribution >= 4 is 0 Å². The van der Waals surface area contributed by atoms with Crippen LogP contribution in [0.15, 0.2) is 42.5 Å². The van der Waals surface area contributed by atoms with Crippen LogP contribution in [0.2, 0.25) is 0 Å². The third-order valence-electron chi connectivity index (χ3n) is 2.78. The van der Waals surface area contributed by atoms with Crippen molar-refractivity contribution in [2.24, 2.45) is 0 Å². The summed E-state index contributed by atoms with van der Waals surface area (Å²) < 4.78 is 0. The maximum absolute atomic E-state index is 9.10. The van der Waals surface area contributed by atoms with E-state index in [9.17, 15) is 0 Å². The molecule has 0 aliphatic heterocycles. The van der Waals surface area contributed by atoms with Crippen LogP contribution in [0.4, 0.5) is 0 Å². The second-order valence-electron chi connectivity index (χ2n) is 3.75. The highest BCUT2D eigenvalue weighted by Gasteiger charge is 2.10. The lowest BCUT2D eigenvalue weighted by Gasteiger charge is -2.08. The van der Waals surface area contributed by atoms with Gasteiger partial charge in [0.05, 0.1) is 11.1 Å². The molecule has 2 aromatic rings. The van der Waals surface area contributed by atoms with Crippen molar-refractivity contribution in [2.75, 3.05) is 0 Å². The van der Waals surface area contributed by atoms with Crippen molar-refractivity contribution in [3.05, 3.63) is 59.2 Å². The minimum absolute atomic E-state index is 0.435. The zero-order valence-corrected chi connectivity index (χ0v) is 9.44. The molecule has 80 valence electrons. The summed E-state index contributed by atoms with van der Waals surface area (Å²) in [5.41, 5.74) is 3.82. The molecule has 0 radical (unpaired) electrons. The summed E-state index contributed by atoms with van der Waals surface area (Å²) in [7, 11) is 0. The Kier molecular flexibility index (Phi) is 2.90. The molecule has 2 nitrogen and oxygen atoms in total. The normalized spacial score (nSPS) is 9.35. The number of rotatable bonds is 1. The number of nitriles is 2. The zero-order valence-electron chi connectivity index (χ0n) is 9.44. The molecule has 0 heterocycles. The Hall–Kier alpha value is -2.58. The molecule has 0 unspecified atom stereocenters. The van der Waals surface area contributed by atoms with Gasteiger partial charge in [-0.1, -0.05) is 36.4 Å². The first kappa shape index (κ1) is 10.9. The van der Waals surface area contributed by atoms with E-state index in [1.807, 2.05) is 49.4 Å². The fourth-order valence-electron chi connectivity index (χ4n) is 1.88. The van der Waals surface area contributed by atoms with Crippen molar-refractivity contribution in [2.45, 2.75) is 6.92 Å². The van der Waals surface area contributed by atoms with Crippen molar-refractivity contribution in [1.82, 2.24) is 0 Å². The Balaban J connectivity index is 2.68. The molecule has 2 aromatic carbocycles. The van der Waals surface area contributed by atoms with E-state index >= 15 is 0 Å². The molecule has 0 saturated heterocycles. The lowest BCUT2D eigenvalue weighted by molar-refractivity contribution is 1.36. The molecule has 2 heteroatoms. The van der Waals surface area contributed by atoms with Gasteiger partial charge in [0, 0.05) is 0 Å². The van der Waals surface area contributed by atoms with Gasteiger partial charge in [-0.25, -0.2) is 0 Å². The predicted octanol–water partition coefficient (Wildman–Crippen LogP) is 3.41. The van der Waals surface area contributed by atoms with Gasteiger partial charge in [-0.05, 0) is 29.7 Å². The van der Waals surface area contributed by atoms with E-state index in [1.165, 1.54) is 0 Å². The molecule has 0 aliphatic carbocycles. The Labute approximate surface area is 100 Å². The van der Waals surface area contributed by atoms with Crippen molar-refractivity contribution in [1.29, 1.82) is 10.5 Å². The van der Waals surface area contributed by atoms with Crippen LogP contribution in [0.5, 0.6) is 0 Å². The molecule has 0 bridgehead atoms. The third kappa shape index (κ3) is 1.89. The molecule has 0 amide bonds. The second-order valence-corrected chi connectivity index (χ2v) is 3.75. The summed E-state index contributed by atoms with van der Waals surface area (Å²) >= 11 is 0. The third-order valence-corrected chi connectivity index (χ3v) is 2.78. The molecular formula is C15H10N2. The van der Waals surface area contributed by atoms with Gasteiger partial charge in [0.1, 0.15) is 12.1 Å². The minimum Gasteiger partial charge on any atom is -0.192 e. The van der Waals surface area contributed by atoms with Crippen LogP contribution < -0.4 is 0 Å². The molecule has 0 aromatic heterocycles. The van der Waals surface area contributed by atoms with Gasteiger partial charge in [0.25, 0.3) is 0 Å². The van der Waals surface area contributed by atoms with Gasteiger partial charge < -0.3 is 0 Å². The maximum atomic E-state index is 9.10. The van der Waals surface area contributed by atoms with Gasteiger partial charge in [-0.3, -0.25) is 0 Å². The van der Waals surface area contributed by atoms with Crippen molar-refractivity contribution in [3.63, 3.8) is 0 Å². The lowest BCUT2D eigenvalue weighted by atomic mass is 9.94. The number of hydrogen-bond donors (Lipinski definition) is 0. The first-order valence-electron chi connectivity index (χ1n) is 5.27. The lowest BCUT2D eigenvalue weighted by Crippen LogP contribution is -1.92. The Morgan fingerprint density at radius 2 is 1.59 bits per heavy atom. The largest absolute Gasteiger partial charge is 0.192 e. The molecule has 0 atom stereocenters. The van der Waals surface area contributed by atoms with Crippen LogP contribution in [0.25, 0.3) is 11.1 Å². The summed E-state index contributed by atoms with van der Waals surface area (Å²) in [5, 5.41) is 18.0. The molecule has 0 fully saturated rings. The zero-order chi connectivity index (χ0) is 12.3. The molecule has 0 N–H and O–H groups in total. The molecule has 0 aliphatic rings. The maximum Gasteiger partial charge on any atom is 0.101 e. The van der Waals surface area contributed by atoms with E-state index in [-0.39, 0.29) is 0 Å². The standard InChI is InChI=1S/C15H10N2/c1-11-14(12-5-3-2-4-6-12)8-7-13(9-16)15(11)10-17/h2-8H,1H3. The van der Waals surface area contributed by atoms with E-state index in [0.717, 1.165) is 16.7 Å². The molecule has 0 saturated carbocycles. The van der Waals surface area contributed by atoms with E-state index in [0.29, 0.717) is 11.1 Å². The van der Waals surface area contributed by atoms with Gasteiger partial charge >= 0.3 is 0 Å². The van der Waals surface area contributed by atoms with E-state index in [2.05, 4.69) is 6.07 Å². The van der Waals surface area contributed by atoms with Crippen LogP contribution in [0, 0.1) is 29.6 Å². The SMILES string of the molecule is Cc1c(-c2ccccc2)ccc(C#N)c1C#N. The number of benzene rings is 2. The minimum atomic E-state index is 0.435. The van der Waals surface area contributed by atoms with E-state index < -0.39 is 0 Å². The van der Waals surface area contributed by atoms with Gasteiger partial charge in [0.15, 0.2) is 0 Å². The van der Waals surface area contributed by atoms with Gasteiger partial charge in [0.2, 0.25) is 0 Å². The van der Waals surface area contributed by atoms with Crippen molar-refractivity contribution in [3.8, 4) is 23.3 Å². The Morgan fingerprint density at radius 3 is 2.18 bits per heavy atom. The fraction of sp³-hybridized carbons (Fsp3) is 0.0667.